The Morgan fingerprint density at radius 3 is 1.93 bits per heavy atom. The number of amides is 2. The predicted molar refractivity (Wildman–Crippen MR) is 115 cm³/mol. The molecule has 6 heteroatoms. The zero-order valence-corrected chi connectivity index (χ0v) is 16.5. The van der Waals surface area contributed by atoms with Crippen molar-refractivity contribution in [2.24, 2.45) is 0 Å². The van der Waals surface area contributed by atoms with E-state index in [0.717, 1.165) is 18.8 Å². The van der Waals surface area contributed by atoms with Crippen LogP contribution in [0.1, 0.15) is 33.1 Å². The van der Waals surface area contributed by atoms with Gasteiger partial charge in [0.05, 0.1) is 0 Å². The molecule has 0 spiro atoms. The van der Waals surface area contributed by atoms with E-state index < -0.39 is 0 Å². The summed E-state index contributed by atoms with van der Waals surface area (Å²) in [5.41, 5.74) is 3.55. The van der Waals surface area contributed by atoms with Gasteiger partial charge in [0.2, 0.25) is 11.8 Å². The summed E-state index contributed by atoms with van der Waals surface area (Å²) in [7, 11) is 0. The molecular weight excluding hydrogens is 352 g/mol. The lowest BCUT2D eigenvalue weighted by molar-refractivity contribution is -0.116. The van der Waals surface area contributed by atoms with E-state index in [1.807, 2.05) is 19.1 Å². The van der Waals surface area contributed by atoms with Gasteiger partial charge in [-0.25, -0.2) is 0 Å². The van der Waals surface area contributed by atoms with Crippen molar-refractivity contribution in [2.75, 3.05) is 33.9 Å². The summed E-state index contributed by atoms with van der Waals surface area (Å²) in [5.74, 6) is -0.242. The molecule has 1 fully saturated rings. The van der Waals surface area contributed by atoms with Crippen molar-refractivity contribution in [2.45, 2.75) is 39.2 Å². The van der Waals surface area contributed by atoms with Crippen molar-refractivity contribution in [3.05, 3.63) is 48.5 Å². The van der Waals surface area contributed by atoms with Gasteiger partial charge in [-0.3, -0.25) is 9.59 Å². The maximum Gasteiger partial charge on any atom is 0.246 e. The molecule has 1 unspecified atom stereocenters. The average molecular weight is 380 g/mol. The molecule has 1 aliphatic heterocycles. The van der Waals surface area contributed by atoms with Crippen LogP contribution in [0.2, 0.25) is 0 Å². The summed E-state index contributed by atoms with van der Waals surface area (Å²) in [4.78, 5) is 25.9. The van der Waals surface area contributed by atoms with Crippen LogP contribution in [0.15, 0.2) is 48.5 Å². The fourth-order valence-electron chi connectivity index (χ4n) is 3.33. The minimum absolute atomic E-state index is 0.118. The predicted octanol–water partition coefficient (Wildman–Crippen LogP) is 4.07. The number of anilines is 4. The Bertz CT molecular complexity index is 796. The largest absolute Gasteiger partial charge is 0.374 e. The van der Waals surface area contributed by atoms with Crippen LogP contribution in [0, 0.1) is 0 Å². The van der Waals surface area contributed by atoms with Crippen LogP contribution in [-0.4, -0.2) is 30.9 Å². The minimum Gasteiger partial charge on any atom is -0.374 e. The number of carbonyl (C=O) groups is 2. The summed E-state index contributed by atoms with van der Waals surface area (Å²) in [5, 5.41) is 8.83. The first-order chi connectivity index (χ1) is 13.5. The third-order valence-electron chi connectivity index (χ3n) is 4.84. The fraction of sp³-hybridized carbons (Fsp3) is 0.364. The highest BCUT2D eigenvalue weighted by Gasteiger charge is 2.14. The standard InChI is InChI=1S/C22H28N4O2/c1-16(22(28)25-20-8-6-19(7-9-20)24-17(2)27)23-18-10-12-21(13-11-18)26-14-4-3-5-15-26/h6-13,16,23H,3-5,14-15H2,1-2H3,(H,24,27)(H,25,28). The first-order valence-corrected chi connectivity index (χ1v) is 9.81. The van der Waals surface area contributed by atoms with Gasteiger partial charge < -0.3 is 20.9 Å². The van der Waals surface area contributed by atoms with Crippen LogP contribution < -0.4 is 20.9 Å². The van der Waals surface area contributed by atoms with Gasteiger partial charge in [0.1, 0.15) is 6.04 Å². The summed E-state index contributed by atoms with van der Waals surface area (Å²) in [6.45, 7) is 5.53. The second-order valence-corrected chi connectivity index (χ2v) is 7.21. The first-order valence-electron chi connectivity index (χ1n) is 9.81. The molecular formula is C22H28N4O2. The minimum atomic E-state index is -0.379. The molecule has 0 aliphatic carbocycles. The van der Waals surface area contributed by atoms with Crippen LogP contribution in [0.3, 0.4) is 0 Å². The normalized spacial score (nSPS) is 14.9. The lowest BCUT2D eigenvalue weighted by atomic mass is 10.1. The zero-order chi connectivity index (χ0) is 19.9. The summed E-state index contributed by atoms with van der Waals surface area (Å²) in [6, 6.07) is 14.9. The number of hydrogen-bond donors (Lipinski definition) is 3. The monoisotopic (exact) mass is 380 g/mol. The Morgan fingerprint density at radius 1 is 0.821 bits per heavy atom. The van der Waals surface area contributed by atoms with Crippen molar-refractivity contribution >= 4 is 34.6 Å². The van der Waals surface area contributed by atoms with Gasteiger partial charge in [0.25, 0.3) is 0 Å². The highest BCUT2D eigenvalue weighted by molar-refractivity contribution is 5.96. The topological polar surface area (TPSA) is 73.5 Å². The molecule has 3 N–H and O–H groups in total. The lowest BCUT2D eigenvalue weighted by Gasteiger charge is -2.29. The van der Waals surface area contributed by atoms with E-state index in [0.29, 0.717) is 11.4 Å². The van der Waals surface area contributed by atoms with Crippen LogP contribution in [0.25, 0.3) is 0 Å². The number of nitrogens with zero attached hydrogens (tertiary/aromatic N) is 1. The summed E-state index contributed by atoms with van der Waals surface area (Å²) >= 11 is 0. The van der Waals surface area contributed by atoms with E-state index in [9.17, 15) is 9.59 Å². The van der Waals surface area contributed by atoms with Gasteiger partial charge >= 0.3 is 0 Å². The van der Waals surface area contributed by atoms with Crippen molar-refractivity contribution < 1.29 is 9.59 Å². The molecule has 0 aromatic heterocycles. The molecule has 6 nitrogen and oxygen atoms in total. The Morgan fingerprint density at radius 2 is 1.36 bits per heavy atom. The molecule has 2 amide bonds. The average Bonchev–Trinajstić information content (AvgIpc) is 2.70. The first kappa shape index (κ1) is 19.7. The van der Waals surface area contributed by atoms with E-state index in [1.54, 1.807) is 24.3 Å². The number of carbonyl (C=O) groups excluding carboxylic acids is 2. The molecule has 1 atom stereocenters. The Hall–Kier alpha value is -3.02. The van der Waals surface area contributed by atoms with Gasteiger partial charge in [-0.2, -0.15) is 0 Å². The van der Waals surface area contributed by atoms with Crippen LogP contribution in [-0.2, 0) is 9.59 Å². The summed E-state index contributed by atoms with van der Waals surface area (Å²) < 4.78 is 0. The van der Waals surface area contributed by atoms with E-state index >= 15 is 0 Å². The SMILES string of the molecule is CC(=O)Nc1ccc(NC(=O)C(C)Nc2ccc(N3CCCCC3)cc2)cc1. The second-order valence-electron chi connectivity index (χ2n) is 7.21. The smallest absolute Gasteiger partial charge is 0.246 e. The van der Waals surface area contributed by atoms with Gasteiger partial charge in [-0.1, -0.05) is 0 Å². The van der Waals surface area contributed by atoms with Gasteiger partial charge in [0, 0.05) is 42.8 Å². The third kappa shape index (κ3) is 5.49. The molecule has 2 aromatic carbocycles. The maximum atomic E-state index is 12.4. The molecule has 1 heterocycles. The number of rotatable bonds is 6. The second kappa shape index (κ2) is 9.26. The van der Waals surface area contributed by atoms with E-state index in [-0.39, 0.29) is 17.9 Å². The molecule has 0 bridgehead atoms. The molecule has 0 radical (unpaired) electrons. The van der Waals surface area contributed by atoms with Gasteiger partial charge in [-0.05, 0) is 74.7 Å². The molecule has 0 saturated carbocycles. The van der Waals surface area contributed by atoms with Crippen LogP contribution in [0.5, 0.6) is 0 Å². The maximum absolute atomic E-state index is 12.4. The molecule has 1 aliphatic rings. The Labute approximate surface area is 166 Å². The number of benzene rings is 2. The lowest BCUT2D eigenvalue weighted by Crippen LogP contribution is -2.32. The van der Waals surface area contributed by atoms with E-state index in [2.05, 4.69) is 33.0 Å². The number of hydrogen-bond acceptors (Lipinski definition) is 4. The fourth-order valence-corrected chi connectivity index (χ4v) is 3.33. The van der Waals surface area contributed by atoms with Gasteiger partial charge in [-0.15, -0.1) is 0 Å². The summed E-state index contributed by atoms with van der Waals surface area (Å²) in [6.07, 6.45) is 3.82. The van der Waals surface area contributed by atoms with E-state index in [4.69, 9.17) is 0 Å². The van der Waals surface area contributed by atoms with Crippen molar-refractivity contribution in [3.63, 3.8) is 0 Å². The molecule has 28 heavy (non-hydrogen) atoms. The molecule has 2 aromatic rings. The van der Waals surface area contributed by atoms with Crippen LogP contribution in [0.4, 0.5) is 22.7 Å². The molecule has 148 valence electrons. The van der Waals surface area contributed by atoms with E-state index in [1.165, 1.54) is 31.9 Å². The van der Waals surface area contributed by atoms with Crippen molar-refractivity contribution in [1.29, 1.82) is 0 Å². The highest BCUT2D eigenvalue weighted by atomic mass is 16.2. The van der Waals surface area contributed by atoms with Gasteiger partial charge in [0.15, 0.2) is 0 Å². The molecule has 3 rings (SSSR count). The number of piperidine rings is 1. The Balaban J connectivity index is 1.52. The quantitative estimate of drug-likeness (QED) is 0.706. The van der Waals surface area contributed by atoms with Crippen molar-refractivity contribution in [1.82, 2.24) is 0 Å². The molecule has 1 saturated heterocycles. The third-order valence-corrected chi connectivity index (χ3v) is 4.84. The highest BCUT2D eigenvalue weighted by Crippen LogP contribution is 2.22. The Kier molecular flexibility index (Phi) is 6.53. The number of nitrogens with one attached hydrogen (secondary N) is 3. The zero-order valence-electron chi connectivity index (χ0n) is 16.5. The van der Waals surface area contributed by atoms with Crippen molar-refractivity contribution in [3.8, 4) is 0 Å². The van der Waals surface area contributed by atoms with Crippen LogP contribution >= 0.6 is 0 Å².